The normalized spacial score (nSPS) is 13.0. The highest BCUT2D eigenvalue weighted by molar-refractivity contribution is 7.89. The lowest BCUT2D eigenvalue weighted by atomic mass is 10.1. The lowest BCUT2D eigenvalue weighted by Gasteiger charge is -2.10. The summed E-state index contributed by atoms with van der Waals surface area (Å²) < 4.78 is 32.5. The number of hydrogen-bond donors (Lipinski definition) is 3. The summed E-state index contributed by atoms with van der Waals surface area (Å²) >= 11 is 0. The van der Waals surface area contributed by atoms with Crippen molar-refractivity contribution in [3.8, 4) is 0 Å². The molecule has 2 heterocycles. The third-order valence-electron chi connectivity index (χ3n) is 4.41. The van der Waals surface area contributed by atoms with E-state index in [4.69, 9.17) is 4.42 Å². The van der Waals surface area contributed by atoms with E-state index in [-0.39, 0.29) is 23.8 Å². The first kappa shape index (κ1) is 18.9. The van der Waals surface area contributed by atoms with E-state index in [1.807, 2.05) is 0 Å². The zero-order valence-electron chi connectivity index (χ0n) is 15.1. The molecule has 2 amide bonds. The molecular weight excluding hydrogens is 394 g/mol. The van der Waals surface area contributed by atoms with Crippen LogP contribution in [-0.4, -0.2) is 20.2 Å². The molecule has 0 fully saturated rings. The Hall–Kier alpha value is -3.43. The molecule has 0 saturated carbocycles. The second kappa shape index (κ2) is 7.53. The van der Waals surface area contributed by atoms with E-state index in [9.17, 15) is 18.0 Å². The predicted octanol–water partition coefficient (Wildman–Crippen LogP) is 2.50. The summed E-state index contributed by atoms with van der Waals surface area (Å²) in [7, 11) is -3.78. The summed E-state index contributed by atoms with van der Waals surface area (Å²) in [4.78, 5) is 24.0. The van der Waals surface area contributed by atoms with Crippen molar-refractivity contribution in [2.24, 2.45) is 0 Å². The molecule has 4 rings (SSSR count). The number of fused-ring (bicyclic) bond motifs is 1. The summed E-state index contributed by atoms with van der Waals surface area (Å²) in [5, 5.41) is 5.40. The van der Waals surface area contributed by atoms with Crippen molar-refractivity contribution < 1.29 is 22.4 Å². The topological polar surface area (TPSA) is 118 Å². The maximum atomic E-state index is 12.5. The fraction of sp³-hybridized carbons (Fsp3) is 0.100. The minimum atomic E-state index is -3.78. The van der Waals surface area contributed by atoms with Crippen molar-refractivity contribution in [1.29, 1.82) is 0 Å². The van der Waals surface area contributed by atoms with E-state index in [0.717, 1.165) is 5.56 Å². The van der Waals surface area contributed by atoms with Crippen molar-refractivity contribution in [3.05, 3.63) is 77.7 Å². The van der Waals surface area contributed by atoms with E-state index < -0.39 is 15.9 Å². The van der Waals surface area contributed by atoms with Gasteiger partial charge in [0.1, 0.15) is 5.76 Å². The molecule has 0 unspecified atom stereocenters. The fourth-order valence-electron chi connectivity index (χ4n) is 2.98. The second-order valence-corrected chi connectivity index (χ2v) is 8.25. The molecule has 1 aliphatic heterocycles. The van der Waals surface area contributed by atoms with Crippen molar-refractivity contribution in [2.45, 2.75) is 17.9 Å². The van der Waals surface area contributed by atoms with Crippen molar-refractivity contribution in [1.82, 2.24) is 4.72 Å². The summed E-state index contributed by atoms with van der Waals surface area (Å²) in [6.45, 7) is 0.0216. The molecule has 8 nitrogen and oxygen atoms in total. The largest absolute Gasteiger partial charge is 0.468 e. The molecule has 0 radical (unpaired) electrons. The Bertz CT molecular complexity index is 1190. The molecule has 148 valence electrons. The highest BCUT2D eigenvalue weighted by Crippen LogP contribution is 2.24. The molecule has 0 spiro atoms. The molecule has 1 aromatic heterocycles. The second-order valence-electron chi connectivity index (χ2n) is 6.48. The number of amides is 2. The number of rotatable bonds is 6. The van der Waals surface area contributed by atoms with Gasteiger partial charge in [-0.25, -0.2) is 13.1 Å². The minimum Gasteiger partial charge on any atom is -0.468 e. The number of nitrogens with one attached hydrogen (secondary N) is 3. The van der Waals surface area contributed by atoms with Crippen molar-refractivity contribution in [3.63, 3.8) is 0 Å². The number of anilines is 2. The molecule has 3 N–H and O–H groups in total. The Morgan fingerprint density at radius 2 is 1.97 bits per heavy atom. The van der Waals surface area contributed by atoms with Gasteiger partial charge >= 0.3 is 0 Å². The van der Waals surface area contributed by atoms with Crippen LogP contribution in [0.25, 0.3) is 0 Å². The van der Waals surface area contributed by atoms with Crippen LogP contribution in [0.4, 0.5) is 11.4 Å². The first-order valence-corrected chi connectivity index (χ1v) is 10.3. The van der Waals surface area contributed by atoms with E-state index in [2.05, 4.69) is 15.4 Å². The predicted molar refractivity (Wildman–Crippen MR) is 106 cm³/mol. The van der Waals surface area contributed by atoms with E-state index in [1.54, 1.807) is 42.5 Å². The minimum absolute atomic E-state index is 0.0191. The maximum absolute atomic E-state index is 12.5. The summed E-state index contributed by atoms with van der Waals surface area (Å²) in [5.41, 5.74) is 2.17. The lowest BCUT2D eigenvalue weighted by molar-refractivity contribution is -0.115. The Labute approximate surface area is 167 Å². The third-order valence-corrected chi connectivity index (χ3v) is 5.81. The first-order valence-electron chi connectivity index (χ1n) is 8.77. The zero-order chi connectivity index (χ0) is 20.4. The molecule has 3 aromatic rings. The van der Waals surface area contributed by atoms with Gasteiger partial charge in [-0.05, 0) is 54.1 Å². The smallest absolute Gasteiger partial charge is 0.255 e. The molecule has 0 aliphatic carbocycles. The van der Waals surface area contributed by atoms with Crippen LogP contribution >= 0.6 is 0 Å². The number of benzene rings is 2. The molecular formula is C20H17N3O5S. The number of hydrogen-bond acceptors (Lipinski definition) is 5. The first-order chi connectivity index (χ1) is 13.9. The zero-order valence-corrected chi connectivity index (χ0v) is 16.0. The molecule has 1 aliphatic rings. The Morgan fingerprint density at radius 1 is 1.10 bits per heavy atom. The van der Waals surface area contributed by atoms with Crippen LogP contribution in [0.1, 0.15) is 21.7 Å². The van der Waals surface area contributed by atoms with Crippen LogP contribution < -0.4 is 15.4 Å². The summed E-state index contributed by atoms with van der Waals surface area (Å²) in [6, 6.07) is 14.2. The van der Waals surface area contributed by atoms with E-state index >= 15 is 0 Å². The van der Waals surface area contributed by atoms with Gasteiger partial charge in [0.15, 0.2) is 0 Å². The Kier molecular flexibility index (Phi) is 4.91. The third kappa shape index (κ3) is 4.20. The number of carbonyl (C=O) groups excluding carboxylic acids is 2. The monoisotopic (exact) mass is 411 g/mol. The molecule has 29 heavy (non-hydrogen) atoms. The van der Waals surface area contributed by atoms with E-state index in [0.29, 0.717) is 22.7 Å². The molecule has 2 aromatic carbocycles. The van der Waals surface area contributed by atoms with Gasteiger partial charge in [0.25, 0.3) is 5.91 Å². The summed E-state index contributed by atoms with van der Waals surface area (Å²) in [6.07, 6.45) is 1.69. The number of carbonyl (C=O) groups is 2. The van der Waals surface area contributed by atoms with Gasteiger partial charge in [-0.3, -0.25) is 9.59 Å². The Balaban J connectivity index is 1.48. The quantitative estimate of drug-likeness (QED) is 0.576. The van der Waals surface area contributed by atoms with E-state index in [1.165, 1.54) is 18.4 Å². The van der Waals surface area contributed by atoms with Crippen LogP contribution in [0, 0.1) is 0 Å². The number of furan rings is 1. The average molecular weight is 411 g/mol. The van der Waals surface area contributed by atoms with Gasteiger partial charge in [-0.1, -0.05) is 6.07 Å². The van der Waals surface area contributed by atoms with Gasteiger partial charge < -0.3 is 15.1 Å². The number of sulfonamides is 1. The maximum Gasteiger partial charge on any atom is 0.255 e. The SMILES string of the molecule is O=C1Cc2cc(C(=O)Nc3cccc(S(=O)(=O)NCc4ccco4)c3)ccc2N1. The van der Waals surface area contributed by atoms with Crippen LogP contribution in [0.15, 0.2) is 70.2 Å². The molecule has 0 saturated heterocycles. The fourth-order valence-corrected chi connectivity index (χ4v) is 4.02. The van der Waals surface area contributed by atoms with Crippen molar-refractivity contribution >= 4 is 33.2 Å². The van der Waals surface area contributed by atoms with Crippen LogP contribution in [0.3, 0.4) is 0 Å². The van der Waals surface area contributed by atoms with Gasteiger partial charge in [0, 0.05) is 16.9 Å². The highest BCUT2D eigenvalue weighted by atomic mass is 32.2. The van der Waals surface area contributed by atoms with Crippen molar-refractivity contribution in [2.75, 3.05) is 10.6 Å². The summed E-state index contributed by atoms with van der Waals surface area (Å²) in [5.74, 6) is -0.0228. The lowest BCUT2D eigenvalue weighted by Crippen LogP contribution is -2.23. The highest BCUT2D eigenvalue weighted by Gasteiger charge is 2.20. The van der Waals surface area contributed by atoms with Crippen LogP contribution in [0.2, 0.25) is 0 Å². The molecule has 0 atom stereocenters. The van der Waals surface area contributed by atoms with Gasteiger partial charge in [-0.2, -0.15) is 0 Å². The molecule has 0 bridgehead atoms. The standard InChI is InChI=1S/C20H17N3O5S/c24-19-10-14-9-13(6-7-18(14)23-19)20(25)22-15-3-1-5-17(11-15)29(26,27)21-12-16-4-2-8-28-16/h1-9,11,21H,10,12H2,(H,22,25)(H,23,24). The molecule has 9 heteroatoms. The van der Waals surface area contributed by atoms with Gasteiger partial charge in [0.05, 0.1) is 24.1 Å². The Morgan fingerprint density at radius 3 is 2.76 bits per heavy atom. The van der Waals surface area contributed by atoms with Crippen LogP contribution in [0.5, 0.6) is 0 Å². The van der Waals surface area contributed by atoms with Crippen LogP contribution in [-0.2, 0) is 27.8 Å². The average Bonchev–Trinajstić information content (AvgIpc) is 3.34. The van der Waals surface area contributed by atoms with Gasteiger partial charge in [-0.15, -0.1) is 0 Å². The van der Waals surface area contributed by atoms with Gasteiger partial charge in [0.2, 0.25) is 15.9 Å².